The molecule has 14 nitrogen and oxygen atoms in total. The Labute approximate surface area is 186 Å². The molecule has 0 radical (unpaired) electrons. The Morgan fingerprint density at radius 3 is 2.70 bits per heavy atom. The van der Waals surface area contributed by atoms with Gasteiger partial charge in [-0.05, 0) is 32.0 Å². The fourth-order valence-corrected chi connectivity index (χ4v) is 3.22. The first-order valence-electron chi connectivity index (χ1n) is 9.80. The van der Waals surface area contributed by atoms with Crippen LogP contribution in [0, 0.1) is 24.0 Å². The van der Waals surface area contributed by atoms with Gasteiger partial charge < -0.3 is 24.6 Å². The molecule has 0 bridgehead atoms. The van der Waals surface area contributed by atoms with Crippen LogP contribution in [0.15, 0.2) is 22.7 Å². The Morgan fingerprint density at radius 1 is 1.18 bits per heavy atom. The van der Waals surface area contributed by atoms with Crippen molar-refractivity contribution in [2.24, 2.45) is 0 Å². The number of benzene rings is 1. The summed E-state index contributed by atoms with van der Waals surface area (Å²) in [5.74, 6) is 0.132. The number of aryl methyl sites for hydroxylation is 1. The molecule has 172 valence electrons. The topological polar surface area (TPSA) is 177 Å². The molecule has 0 fully saturated rings. The molecular weight excluding hydrogens is 438 g/mol. The van der Waals surface area contributed by atoms with Gasteiger partial charge in [0.2, 0.25) is 18.5 Å². The van der Waals surface area contributed by atoms with Crippen LogP contribution in [0.5, 0.6) is 11.5 Å². The zero-order valence-electron chi connectivity index (χ0n) is 17.7. The predicted molar refractivity (Wildman–Crippen MR) is 110 cm³/mol. The van der Waals surface area contributed by atoms with Crippen molar-refractivity contribution in [3.05, 3.63) is 45.6 Å². The van der Waals surface area contributed by atoms with Gasteiger partial charge in [0, 0.05) is 18.7 Å². The summed E-state index contributed by atoms with van der Waals surface area (Å²) >= 11 is 0. The average molecular weight is 457 g/mol. The van der Waals surface area contributed by atoms with E-state index >= 15 is 0 Å². The summed E-state index contributed by atoms with van der Waals surface area (Å²) < 4.78 is 16.8. The summed E-state index contributed by atoms with van der Waals surface area (Å²) in [6.07, 6.45) is 0. The van der Waals surface area contributed by atoms with Gasteiger partial charge in [-0.2, -0.15) is 10.1 Å². The Hall–Kier alpha value is -4.49. The Kier molecular flexibility index (Phi) is 5.89. The number of amides is 2. The average Bonchev–Trinajstić information content (AvgIpc) is 3.50. The molecule has 1 aliphatic rings. The van der Waals surface area contributed by atoms with E-state index in [1.807, 2.05) is 0 Å². The molecule has 33 heavy (non-hydrogen) atoms. The van der Waals surface area contributed by atoms with E-state index < -0.39 is 16.7 Å². The van der Waals surface area contributed by atoms with Crippen molar-refractivity contribution < 1.29 is 28.5 Å². The van der Waals surface area contributed by atoms with Crippen molar-refractivity contribution in [2.75, 3.05) is 19.9 Å². The summed E-state index contributed by atoms with van der Waals surface area (Å²) in [5, 5.41) is 24.0. The number of fused-ring (bicyclic) bond motifs is 1. The van der Waals surface area contributed by atoms with Crippen LogP contribution in [0.1, 0.15) is 22.1 Å². The zero-order valence-corrected chi connectivity index (χ0v) is 17.7. The number of aromatic nitrogens is 4. The van der Waals surface area contributed by atoms with Crippen LogP contribution in [-0.4, -0.2) is 56.5 Å². The first kappa shape index (κ1) is 21.7. The number of ether oxygens (including phenoxy) is 2. The zero-order chi connectivity index (χ0) is 23.5. The van der Waals surface area contributed by atoms with E-state index in [0.29, 0.717) is 17.1 Å². The van der Waals surface area contributed by atoms with E-state index in [1.165, 1.54) is 18.5 Å². The highest BCUT2D eigenvalue weighted by molar-refractivity contribution is 5.90. The van der Waals surface area contributed by atoms with Crippen molar-refractivity contribution in [2.45, 2.75) is 20.4 Å². The molecule has 2 amide bonds. The molecule has 3 aromatic rings. The van der Waals surface area contributed by atoms with Gasteiger partial charge in [0.15, 0.2) is 11.5 Å². The lowest BCUT2D eigenvalue weighted by molar-refractivity contribution is -0.386. The molecule has 4 rings (SSSR count). The van der Waals surface area contributed by atoms with E-state index in [1.54, 1.807) is 18.2 Å². The van der Waals surface area contributed by atoms with E-state index in [4.69, 9.17) is 14.0 Å². The third-order valence-electron chi connectivity index (χ3n) is 4.80. The van der Waals surface area contributed by atoms with Gasteiger partial charge in [0.25, 0.3) is 0 Å². The summed E-state index contributed by atoms with van der Waals surface area (Å²) in [5.41, 5.74) is 1.00. The number of carbonyl (C=O) groups is 2. The second-order valence-electron chi connectivity index (χ2n) is 7.03. The normalized spacial score (nSPS) is 11.9. The van der Waals surface area contributed by atoms with Crippen LogP contribution in [0.25, 0.3) is 11.4 Å². The van der Waals surface area contributed by atoms with Crippen molar-refractivity contribution in [3.63, 3.8) is 0 Å². The van der Waals surface area contributed by atoms with Gasteiger partial charge in [-0.3, -0.25) is 24.4 Å². The van der Waals surface area contributed by atoms with E-state index in [-0.39, 0.29) is 55.2 Å². The first-order valence-corrected chi connectivity index (χ1v) is 9.80. The summed E-state index contributed by atoms with van der Waals surface area (Å²) in [7, 11) is 0. The number of rotatable bonds is 8. The summed E-state index contributed by atoms with van der Waals surface area (Å²) in [6.45, 7) is 3.20. The number of carbonyl (C=O) groups excluding carboxylic acids is 2. The quantitative estimate of drug-likeness (QED) is 0.278. The minimum atomic E-state index is -0.599. The van der Waals surface area contributed by atoms with Crippen LogP contribution in [-0.2, 0) is 11.3 Å². The highest BCUT2D eigenvalue weighted by atomic mass is 16.7. The number of hydrogen-bond donors (Lipinski definition) is 2. The van der Waals surface area contributed by atoms with E-state index in [2.05, 4.69) is 25.9 Å². The Balaban J connectivity index is 1.25. The van der Waals surface area contributed by atoms with Crippen LogP contribution in [0.4, 0.5) is 5.69 Å². The lowest BCUT2D eigenvalue weighted by Crippen LogP contribution is -2.36. The van der Waals surface area contributed by atoms with Gasteiger partial charge in [0.1, 0.15) is 17.9 Å². The molecule has 0 unspecified atom stereocenters. The maximum Gasteiger partial charge on any atom is 0.316 e. The van der Waals surface area contributed by atoms with Crippen molar-refractivity contribution in [1.82, 2.24) is 30.6 Å². The number of nitrogens with one attached hydrogen (secondary N) is 2. The SMILES string of the molecule is Cc1nn(CC(=O)NCCNC(=O)c2nc(-c3ccc4c(c3)OCO4)no2)c(C)c1[N+](=O)[O-]. The molecule has 3 heterocycles. The van der Waals surface area contributed by atoms with Crippen LogP contribution in [0.3, 0.4) is 0 Å². The van der Waals surface area contributed by atoms with E-state index in [0.717, 1.165) is 0 Å². The fraction of sp³-hybridized carbons (Fsp3) is 0.316. The first-order chi connectivity index (χ1) is 15.8. The van der Waals surface area contributed by atoms with Crippen LogP contribution >= 0.6 is 0 Å². The van der Waals surface area contributed by atoms with E-state index in [9.17, 15) is 19.7 Å². The monoisotopic (exact) mass is 457 g/mol. The minimum Gasteiger partial charge on any atom is -0.454 e. The van der Waals surface area contributed by atoms with Crippen molar-refractivity contribution >= 4 is 17.5 Å². The van der Waals surface area contributed by atoms with Gasteiger partial charge in [-0.15, -0.1) is 0 Å². The lowest BCUT2D eigenvalue weighted by atomic mass is 10.2. The summed E-state index contributed by atoms with van der Waals surface area (Å²) in [4.78, 5) is 38.9. The number of nitro groups is 1. The lowest BCUT2D eigenvalue weighted by Gasteiger charge is -2.06. The van der Waals surface area contributed by atoms with Gasteiger partial charge in [0.05, 0.1) is 4.92 Å². The highest BCUT2D eigenvalue weighted by Gasteiger charge is 2.23. The smallest absolute Gasteiger partial charge is 0.316 e. The molecule has 1 aliphatic heterocycles. The molecule has 0 spiro atoms. The van der Waals surface area contributed by atoms with Crippen LogP contribution in [0.2, 0.25) is 0 Å². The molecule has 0 atom stereocenters. The predicted octanol–water partition coefficient (Wildman–Crippen LogP) is 0.733. The van der Waals surface area contributed by atoms with Gasteiger partial charge in [-0.25, -0.2) is 0 Å². The molecule has 2 N–H and O–H groups in total. The molecule has 0 aliphatic carbocycles. The standard InChI is InChI=1S/C19H19N7O7/c1-10-16(26(29)30)11(2)25(23-10)8-15(27)20-5-6-21-18(28)19-22-17(24-33-19)12-3-4-13-14(7-12)32-9-31-13/h3-4,7H,5-6,8-9H2,1-2H3,(H,20,27)(H,21,28). The molecule has 2 aromatic heterocycles. The molecule has 14 heteroatoms. The Bertz CT molecular complexity index is 1230. The number of nitrogens with zero attached hydrogens (tertiary/aromatic N) is 5. The minimum absolute atomic E-state index is 0.101. The molecule has 1 aromatic carbocycles. The highest BCUT2D eigenvalue weighted by Crippen LogP contribution is 2.35. The third-order valence-corrected chi connectivity index (χ3v) is 4.80. The molecule has 0 saturated heterocycles. The maximum absolute atomic E-state index is 12.2. The maximum atomic E-state index is 12.2. The van der Waals surface area contributed by atoms with Crippen molar-refractivity contribution in [3.8, 4) is 22.9 Å². The van der Waals surface area contributed by atoms with Gasteiger partial charge in [-0.1, -0.05) is 5.16 Å². The summed E-state index contributed by atoms with van der Waals surface area (Å²) in [6, 6.07) is 5.11. The second kappa shape index (κ2) is 8.94. The largest absolute Gasteiger partial charge is 0.454 e. The second-order valence-corrected chi connectivity index (χ2v) is 7.03. The van der Waals surface area contributed by atoms with Crippen LogP contribution < -0.4 is 20.1 Å². The van der Waals surface area contributed by atoms with Crippen molar-refractivity contribution in [1.29, 1.82) is 0 Å². The Morgan fingerprint density at radius 2 is 1.94 bits per heavy atom. The molecular formula is C19H19N7O7. The third kappa shape index (κ3) is 4.58. The molecule has 0 saturated carbocycles. The number of hydrogen-bond acceptors (Lipinski definition) is 10. The fourth-order valence-electron chi connectivity index (χ4n) is 3.22. The van der Waals surface area contributed by atoms with Gasteiger partial charge >= 0.3 is 17.5 Å².